The molecule has 0 atom stereocenters. The maximum Gasteiger partial charge on any atom is 0.191 e. The second kappa shape index (κ2) is 12.2. The Kier molecular flexibility index (Phi) is 11.9. The molecule has 0 aliphatic carbocycles. The number of rotatable bonds is 8. The molecule has 0 bridgehead atoms. The van der Waals surface area contributed by atoms with Crippen molar-refractivity contribution in [2.75, 3.05) is 39.8 Å². The number of hydrogen-bond donors (Lipinski definition) is 2. The number of hydrogen-bond acceptors (Lipinski definition) is 4. The number of guanidine groups is 1. The summed E-state index contributed by atoms with van der Waals surface area (Å²) in [5.41, 5.74) is 0. The van der Waals surface area contributed by atoms with E-state index in [1.165, 1.54) is 9.88 Å². The first-order valence-electron chi connectivity index (χ1n) is 7.27. The van der Waals surface area contributed by atoms with Gasteiger partial charge in [-0.15, -0.1) is 35.3 Å². The van der Waals surface area contributed by atoms with Crippen LogP contribution in [0.4, 0.5) is 0 Å². The zero-order valence-electron chi connectivity index (χ0n) is 13.5. The Morgan fingerprint density at radius 2 is 1.95 bits per heavy atom. The minimum atomic E-state index is 0. The second-order valence-electron chi connectivity index (χ2n) is 4.57. The van der Waals surface area contributed by atoms with Crippen LogP contribution in [0.15, 0.2) is 11.2 Å². The van der Waals surface area contributed by atoms with E-state index in [0.29, 0.717) is 0 Å². The highest BCUT2D eigenvalue weighted by Crippen LogP contribution is 2.10. The molecule has 122 valence electrons. The van der Waals surface area contributed by atoms with E-state index < -0.39 is 0 Å². The van der Waals surface area contributed by atoms with E-state index in [-0.39, 0.29) is 24.0 Å². The van der Waals surface area contributed by atoms with Gasteiger partial charge in [0.2, 0.25) is 0 Å². The van der Waals surface area contributed by atoms with E-state index in [4.69, 9.17) is 0 Å². The van der Waals surface area contributed by atoms with Crippen LogP contribution in [-0.2, 0) is 6.42 Å². The summed E-state index contributed by atoms with van der Waals surface area (Å²) in [5, 5.41) is 7.84. The number of nitrogens with zero attached hydrogens (tertiary/aromatic N) is 3. The van der Waals surface area contributed by atoms with Crippen molar-refractivity contribution < 1.29 is 0 Å². The van der Waals surface area contributed by atoms with E-state index in [9.17, 15) is 0 Å². The summed E-state index contributed by atoms with van der Waals surface area (Å²) < 4.78 is 0. The van der Waals surface area contributed by atoms with Crippen molar-refractivity contribution in [3.05, 3.63) is 16.1 Å². The van der Waals surface area contributed by atoms with Gasteiger partial charge < -0.3 is 15.5 Å². The molecule has 0 amide bonds. The zero-order chi connectivity index (χ0) is 14.8. The van der Waals surface area contributed by atoms with Gasteiger partial charge in [-0.05, 0) is 20.0 Å². The molecule has 7 heteroatoms. The van der Waals surface area contributed by atoms with Gasteiger partial charge in [-0.1, -0.05) is 13.8 Å². The molecule has 0 spiro atoms. The molecule has 0 unspecified atom stereocenters. The molecule has 0 aliphatic heterocycles. The van der Waals surface area contributed by atoms with Crippen LogP contribution in [0.3, 0.4) is 0 Å². The van der Waals surface area contributed by atoms with Gasteiger partial charge in [-0.3, -0.25) is 4.99 Å². The van der Waals surface area contributed by atoms with Crippen LogP contribution in [0.5, 0.6) is 0 Å². The predicted octanol–water partition coefficient (Wildman–Crippen LogP) is 2.12. The number of aromatic nitrogens is 1. The third-order valence-corrected chi connectivity index (χ3v) is 4.11. The Morgan fingerprint density at radius 3 is 2.48 bits per heavy atom. The van der Waals surface area contributed by atoms with Gasteiger partial charge in [0.05, 0.1) is 5.01 Å². The van der Waals surface area contributed by atoms with Crippen LogP contribution in [0.2, 0.25) is 0 Å². The lowest BCUT2D eigenvalue weighted by Gasteiger charge is -2.19. The lowest BCUT2D eigenvalue weighted by Crippen LogP contribution is -2.42. The van der Waals surface area contributed by atoms with Crippen LogP contribution >= 0.6 is 35.3 Å². The molecule has 0 radical (unpaired) electrons. The van der Waals surface area contributed by atoms with Crippen molar-refractivity contribution in [1.82, 2.24) is 20.5 Å². The summed E-state index contributed by atoms with van der Waals surface area (Å²) in [7, 11) is 1.81. The third kappa shape index (κ3) is 8.57. The lowest BCUT2D eigenvalue weighted by molar-refractivity contribution is 0.308. The van der Waals surface area contributed by atoms with Gasteiger partial charge in [-0.2, -0.15) is 0 Å². The fraction of sp³-hybridized carbons (Fsp3) is 0.714. The maximum absolute atomic E-state index is 4.36. The molecule has 21 heavy (non-hydrogen) atoms. The second-order valence-corrected chi connectivity index (χ2v) is 5.89. The maximum atomic E-state index is 4.36. The molecule has 1 heterocycles. The van der Waals surface area contributed by atoms with Gasteiger partial charge in [-0.25, -0.2) is 4.98 Å². The first-order chi connectivity index (χ1) is 9.69. The monoisotopic (exact) mass is 425 g/mol. The van der Waals surface area contributed by atoms with E-state index in [1.54, 1.807) is 18.4 Å². The highest BCUT2D eigenvalue weighted by molar-refractivity contribution is 14.0. The van der Waals surface area contributed by atoms with E-state index >= 15 is 0 Å². The minimum Gasteiger partial charge on any atom is -0.356 e. The van der Waals surface area contributed by atoms with E-state index in [2.05, 4.69) is 46.3 Å². The van der Waals surface area contributed by atoms with Crippen LogP contribution in [0, 0.1) is 6.92 Å². The summed E-state index contributed by atoms with van der Waals surface area (Å²) in [6.07, 6.45) is 2.87. The predicted molar refractivity (Wildman–Crippen MR) is 103 cm³/mol. The number of likely N-dealkylation sites (N-methyl/N-ethyl adjacent to an activating group) is 1. The Morgan fingerprint density at radius 1 is 1.29 bits per heavy atom. The molecular formula is C14H28IN5S. The number of halogens is 1. The summed E-state index contributed by atoms with van der Waals surface area (Å²) in [6, 6.07) is 0. The first kappa shape index (κ1) is 20.6. The standard InChI is InChI=1S/C14H27N5S.HI/c1-5-19(6-2)10-9-17-14(15-4)16-8-7-13-18-11-12(3)20-13;/h11H,5-10H2,1-4H3,(H2,15,16,17);1H. The summed E-state index contributed by atoms with van der Waals surface area (Å²) in [4.78, 5) is 12.2. The Bertz CT molecular complexity index is 404. The molecule has 0 aliphatic rings. The number of nitrogens with one attached hydrogen (secondary N) is 2. The van der Waals surface area contributed by atoms with Crippen molar-refractivity contribution in [3.8, 4) is 0 Å². The van der Waals surface area contributed by atoms with Crippen molar-refractivity contribution in [2.45, 2.75) is 27.2 Å². The van der Waals surface area contributed by atoms with Crippen molar-refractivity contribution in [3.63, 3.8) is 0 Å². The lowest BCUT2D eigenvalue weighted by atomic mass is 10.4. The summed E-state index contributed by atoms with van der Waals surface area (Å²) in [6.45, 7) is 11.5. The average Bonchev–Trinajstić information content (AvgIpc) is 2.87. The van der Waals surface area contributed by atoms with Crippen molar-refractivity contribution in [2.24, 2.45) is 4.99 Å². The number of thiazole rings is 1. The van der Waals surface area contributed by atoms with Crippen molar-refractivity contribution >= 4 is 41.3 Å². The van der Waals surface area contributed by atoms with Crippen LogP contribution in [0.1, 0.15) is 23.7 Å². The number of aryl methyl sites for hydroxylation is 1. The topological polar surface area (TPSA) is 52.5 Å². The van der Waals surface area contributed by atoms with Crippen molar-refractivity contribution in [1.29, 1.82) is 0 Å². The van der Waals surface area contributed by atoms with Crippen LogP contribution < -0.4 is 10.6 Å². The fourth-order valence-electron chi connectivity index (χ4n) is 1.90. The molecule has 1 rings (SSSR count). The van der Waals surface area contributed by atoms with Crippen LogP contribution in [0.25, 0.3) is 0 Å². The molecule has 2 N–H and O–H groups in total. The summed E-state index contributed by atoms with van der Waals surface area (Å²) >= 11 is 1.76. The zero-order valence-corrected chi connectivity index (χ0v) is 16.6. The molecule has 0 aromatic carbocycles. The molecule has 0 fully saturated rings. The quantitative estimate of drug-likeness (QED) is 0.381. The average molecular weight is 425 g/mol. The van der Waals surface area contributed by atoms with Gasteiger partial charge in [0.25, 0.3) is 0 Å². The van der Waals surface area contributed by atoms with E-state index in [0.717, 1.165) is 45.1 Å². The Hall–Kier alpha value is -0.410. The molecule has 1 aromatic heterocycles. The summed E-state index contributed by atoms with van der Waals surface area (Å²) in [5.74, 6) is 0.866. The largest absolute Gasteiger partial charge is 0.356 e. The normalized spacial score (nSPS) is 11.4. The number of aliphatic imine (C=N–C) groups is 1. The third-order valence-electron chi connectivity index (χ3n) is 3.14. The van der Waals surface area contributed by atoms with Gasteiger partial charge in [0.1, 0.15) is 0 Å². The van der Waals surface area contributed by atoms with Gasteiger partial charge in [0, 0.05) is 44.2 Å². The Balaban J connectivity index is 0.00000400. The Labute approximate surface area is 149 Å². The molecule has 0 saturated carbocycles. The SMILES string of the molecule is CCN(CC)CCNC(=NC)NCCc1ncc(C)s1.I. The van der Waals surface area contributed by atoms with Gasteiger partial charge >= 0.3 is 0 Å². The first-order valence-corrected chi connectivity index (χ1v) is 8.09. The molecular weight excluding hydrogens is 397 g/mol. The van der Waals surface area contributed by atoms with Gasteiger partial charge in [0.15, 0.2) is 5.96 Å². The van der Waals surface area contributed by atoms with E-state index in [1.807, 2.05) is 6.20 Å². The molecule has 0 saturated heterocycles. The molecule has 1 aromatic rings. The highest BCUT2D eigenvalue weighted by Gasteiger charge is 2.02. The minimum absolute atomic E-state index is 0. The fourth-order valence-corrected chi connectivity index (χ4v) is 2.68. The molecule has 5 nitrogen and oxygen atoms in total. The highest BCUT2D eigenvalue weighted by atomic mass is 127. The van der Waals surface area contributed by atoms with Crippen LogP contribution in [-0.4, -0.2) is 55.6 Å². The smallest absolute Gasteiger partial charge is 0.191 e.